The van der Waals surface area contributed by atoms with Crippen LogP contribution in [0.5, 0.6) is 0 Å². The predicted molar refractivity (Wildman–Crippen MR) is 68.5 cm³/mol. The van der Waals surface area contributed by atoms with E-state index in [1.807, 2.05) is 44.2 Å². The second-order valence-corrected chi connectivity index (χ2v) is 4.58. The van der Waals surface area contributed by atoms with Gasteiger partial charge in [-0.3, -0.25) is 0 Å². The minimum atomic E-state index is -0.782. The summed E-state index contributed by atoms with van der Waals surface area (Å²) in [6.07, 6.45) is 0.772. The van der Waals surface area contributed by atoms with E-state index in [1.165, 1.54) is 5.56 Å². The lowest BCUT2D eigenvalue weighted by Crippen LogP contribution is -1.95. The summed E-state index contributed by atoms with van der Waals surface area (Å²) in [5, 5.41) is 11.2. The van der Waals surface area contributed by atoms with E-state index in [0.29, 0.717) is 11.3 Å². The minimum absolute atomic E-state index is 0.538. The van der Waals surface area contributed by atoms with Crippen LogP contribution in [0.1, 0.15) is 28.8 Å². The van der Waals surface area contributed by atoms with Crippen molar-refractivity contribution in [1.29, 1.82) is 0 Å². The van der Waals surface area contributed by atoms with E-state index in [1.54, 1.807) is 6.26 Å². The Morgan fingerprint density at radius 2 is 1.94 bits per heavy atom. The topological polar surface area (TPSA) is 46.5 Å². The highest BCUT2D eigenvalue weighted by Crippen LogP contribution is 2.29. The highest BCUT2D eigenvalue weighted by atomic mass is 16.4. The Hall–Kier alpha value is -2.00. The van der Waals surface area contributed by atoms with Crippen LogP contribution in [0.4, 0.5) is 0 Å². The van der Waals surface area contributed by atoms with E-state index in [9.17, 15) is 5.11 Å². The molecule has 0 radical (unpaired) electrons. The second-order valence-electron chi connectivity index (χ2n) is 4.58. The third-order valence-corrected chi connectivity index (χ3v) is 3.03. The Balaban J connectivity index is 2.03. The highest BCUT2D eigenvalue weighted by Gasteiger charge is 2.17. The van der Waals surface area contributed by atoms with E-state index in [0.717, 1.165) is 16.7 Å². The molecule has 3 aromatic rings. The molecule has 1 aromatic carbocycles. The highest BCUT2D eigenvalue weighted by molar-refractivity contribution is 5.78. The average molecular weight is 242 g/mol. The van der Waals surface area contributed by atoms with Crippen molar-refractivity contribution in [3.63, 3.8) is 0 Å². The molecule has 3 rings (SSSR count). The number of fused-ring (bicyclic) bond motifs is 1. The number of benzene rings is 1. The average Bonchev–Trinajstić information content (AvgIpc) is 2.93. The molecule has 0 saturated heterocycles. The van der Waals surface area contributed by atoms with Crippen molar-refractivity contribution in [3.05, 3.63) is 59.2 Å². The number of furan rings is 2. The van der Waals surface area contributed by atoms with E-state index in [4.69, 9.17) is 8.83 Å². The molecule has 0 aliphatic heterocycles. The first-order chi connectivity index (χ1) is 8.63. The zero-order valence-electron chi connectivity index (χ0n) is 10.3. The number of hydrogen-bond donors (Lipinski definition) is 1. The molecule has 0 aliphatic rings. The molecule has 1 atom stereocenters. The lowest BCUT2D eigenvalue weighted by atomic mass is 10.1. The van der Waals surface area contributed by atoms with Crippen molar-refractivity contribution >= 4 is 11.0 Å². The van der Waals surface area contributed by atoms with E-state index < -0.39 is 6.10 Å². The first-order valence-electron chi connectivity index (χ1n) is 5.87. The lowest BCUT2D eigenvalue weighted by molar-refractivity contribution is 0.191. The number of hydrogen-bond acceptors (Lipinski definition) is 3. The maximum absolute atomic E-state index is 10.2. The van der Waals surface area contributed by atoms with Gasteiger partial charge in [0.2, 0.25) is 0 Å². The van der Waals surface area contributed by atoms with Crippen molar-refractivity contribution in [3.8, 4) is 0 Å². The van der Waals surface area contributed by atoms with Gasteiger partial charge in [-0.25, -0.2) is 0 Å². The van der Waals surface area contributed by atoms with Gasteiger partial charge in [0.15, 0.2) is 0 Å². The number of rotatable bonds is 2. The summed E-state index contributed by atoms with van der Waals surface area (Å²) >= 11 is 0. The third-order valence-electron chi connectivity index (χ3n) is 3.03. The maximum atomic E-state index is 10.2. The maximum Gasteiger partial charge on any atom is 0.140 e. The minimum Gasteiger partial charge on any atom is -0.469 e. The summed E-state index contributed by atoms with van der Waals surface area (Å²) in [4.78, 5) is 0. The molecule has 0 bridgehead atoms. The molecule has 2 heterocycles. The van der Waals surface area contributed by atoms with Crippen LogP contribution in [0.15, 0.2) is 45.4 Å². The van der Waals surface area contributed by atoms with Gasteiger partial charge in [-0.2, -0.15) is 0 Å². The summed E-state index contributed by atoms with van der Waals surface area (Å²) < 4.78 is 10.9. The first-order valence-corrected chi connectivity index (χ1v) is 5.87. The van der Waals surface area contributed by atoms with Gasteiger partial charge in [0.25, 0.3) is 0 Å². The van der Waals surface area contributed by atoms with Gasteiger partial charge in [-0.15, -0.1) is 0 Å². The molecular weight excluding hydrogens is 228 g/mol. The Labute approximate surface area is 105 Å². The van der Waals surface area contributed by atoms with Gasteiger partial charge in [0, 0.05) is 10.9 Å². The number of aliphatic hydroxyl groups excluding tert-OH is 1. The zero-order valence-corrected chi connectivity index (χ0v) is 10.3. The molecule has 92 valence electrons. The fourth-order valence-electron chi connectivity index (χ4n) is 2.09. The molecule has 18 heavy (non-hydrogen) atoms. The molecule has 0 fully saturated rings. The normalized spacial score (nSPS) is 13.1. The van der Waals surface area contributed by atoms with Crippen molar-refractivity contribution in [2.24, 2.45) is 0 Å². The summed E-state index contributed by atoms with van der Waals surface area (Å²) in [5.74, 6) is 1.31. The molecule has 2 aromatic heterocycles. The molecule has 1 N–H and O–H groups in total. The van der Waals surface area contributed by atoms with Crippen molar-refractivity contribution < 1.29 is 13.9 Å². The summed E-state index contributed by atoms with van der Waals surface area (Å²) in [6, 6.07) is 9.62. The van der Waals surface area contributed by atoms with Crippen molar-refractivity contribution in [1.82, 2.24) is 0 Å². The van der Waals surface area contributed by atoms with E-state index in [2.05, 4.69) is 0 Å². The van der Waals surface area contributed by atoms with Crippen molar-refractivity contribution in [2.45, 2.75) is 20.0 Å². The molecule has 1 unspecified atom stereocenters. The Morgan fingerprint density at radius 1 is 1.11 bits per heavy atom. The predicted octanol–water partition coefficient (Wildman–Crippen LogP) is 3.72. The van der Waals surface area contributed by atoms with E-state index in [-0.39, 0.29) is 0 Å². The van der Waals surface area contributed by atoms with Crippen LogP contribution in [0.2, 0.25) is 0 Å². The smallest absolute Gasteiger partial charge is 0.140 e. The second kappa shape index (κ2) is 4.03. The largest absolute Gasteiger partial charge is 0.469 e. The van der Waals surface area contributed by atoms with Crippen LogP contribution < -0.4 is 0 Å². The molecule has 0 saturated carbocycles. The summed E-state index contributed by atoms with van der Waals surface area (Å²) in [7, 11) is 0. The van der Waals surface area contributed by atoms with E-state index >= 15 is 0 Å². The van der Waals surface area contributed by atoms with Gasteiger partial charge < -0.3 is 13.9 Å². The van der Waals surface area contributed by atoms with Crippen molar-refractivity contribution in [2.75, 3.05) is 0 Å². The van der Waals surface area contributed by atoms with Gasteiger partial charge in [0.05, 0.1) is 6.26 Å². The standard InChI is InChI=1S/C15H14O3/c1-9-3-4-13-11(5-9)7-14(18-13)15(16)12-6-10(2)17-8-12/h3-8,15-16H,1-2H3. The quantitative estimate of drug-likeness (QED) is 0.744. The molecular formula is C15H14O3. The Kier molecular flexibility index (Phi) is 2.49. The fraction of sp³-hybridized carbons (Fsp3) is 0.200. The fourth-order valence-corrected chi connectivity index (χ4v) is 2.09. The van der Waals surface area contributed by atoms with Crippen LogP contribution in [0.25, 0.3) is 11.0 Å². The third kappa shape index (κ3) is 1.83. The van der Waals surface area contributed by atoms with Gasteiger partial charge in [-0.1, -0.05) is 11.6 Å². The summed E-state index contributed by atoms with van der Waals surface area (Å²) in [5.41, 5.74) is 2.67. The van der Waals surface area contributed by atoms with Crippen LogP contribution in [0.3, 0.4) is 0 Å². The Bertz CT molecular complexity index is 691. The first kappa shape index (κ1) is 11.1. The van der Waals surface area contributed by atoms with Gasteiger partial charge >= 0.3 is 0 Å². The zero-order chi connectivity index (χ0) is 12.7. The van der Waals surface area contributed by atoms with Crippen LogP contribution in [-0.2, 0) is 0 Å². The Morgan fingerprint density at radius 3 is 2.67 bits per heavy atom. The molecule has 0 spiro atoms. The van der Waals surface area contributed by atoms with Gasteiger partial charge in [-0.05, 0) is 38.1 Å². The lowest BCUT2D eigenvalue weighted by Gasteiger charge is -2.02. The molecule has 3 heteroatoms. The molecule has 3 nitrogen and oxygen atoms in total. The SMILES string of the molecule is Cc1ccc2oc(C(O)c3coc(C)c3)cc2c1. The number of aliphatic hydroxyl groups is 1. The van der Waals surface area contributed by atoms with Crippen LogP contribution >= 0.6 is 0 Å². The summed E-state index contributed by atoms with van der Waals surface area (Å²) in [6.45, 7) is 3.88. The number of aryl methyl sites for hydroxylation is 2. The molecule has 0 amide bonds. The van der Waals surface area contributed by atoms with Gasteiger partial charge in [0.1, 0.15) is 23.2 Å². The van der Waals surface area contributed by atoms with Crippen LogP contribution in [0, 0.1) is 13.8 Å². The monoisotopic (exact) mass is 242 g/mol. The molecule has 0 aliphatic carbocycles. The van der Waals surface area contributed by atoms with Crippen LogP contribution in [-0.4, -0.2) is 5.11 Å².